The normalized spacial score (nSPS) is 12.5. The third-order valence-corrected chi connectivity index (χ3v) is 8.57. The lowest BCUT2D eigenvalue weighted by Gasteiger charge is -2.26. The average molecular weight is 717 g/mol. The highest BCUT2D eigenvalue weighted by molar-refractivity contribution is 6.17. The van der Waals surface area contributed by atoms with Gasteiger partial charge in [0.1, 0.15) is 17.1 Å². The van der Waals surface area contributed by atoms with Gasteiger partial charge in [-0.05, 0) is 43.2 Å². The highest BCUT2D eigenvalue weighted by Crippen LogP contribution is 2.53. The molecule has 0 saturated heterocycles. The summed E-state index contributed by atoms with van der Waals surface area (Å²) in [6, 6.07) is 8.64. The number of carbonyl (C=O) groups is 3. The van der Waals surface area contributed by atoms with Gasteiger partial charge < -0.3 is 59.3 Å². The van der Waals surface area contributed by atoms with Crippen LogP contribution in [0.25, 0.3) is 44.3 Å². The number of methoxy groups -OCH3 is 4. The van der Waals surface area contributed by atoms with Crippen LogP contribution in [0, 0.1) is 0 Å². The summed E-state index contributed by atoms with van der Waals surface area (Å²) in [6.45, 7) is 0.987. The molecule has 0 fully saturated rings. The molecule has 16 heteroatoms. The van der Waals surface area contributed by atoms with E-state index in [-0.39, 0.29) is 64.4 Å². The first-order valence-electron chi connectivity index (χ1n) is 16.0. The maximum atomic E-state index is 14.0. The van der Waals surface area contributed by atoms with Crippen molar-refractivity contribution in [3.05, 3.63) is 52.4 Å². The van der Waals surface area contributed by atoms with E-state index in [1.807, 2.05) is 4.57 Å². The van der Waals surface area contributed by atoms with E-state index in [1.54, 1.807) is 30.3 Å². The fraction of sp³-hybridized carbons (Fsp3) is 0.278. The Balaban J connectivity index is 1.77. The quantitative estimate of drug-likeness (QED) is 0.101. The van der Waals surface area contributed by atoms with Gasteiger partial charge in [-0.15, -0.1) is 0 Å². The summed E-state index contributed by atoms with van der Waals surface area (Å²) >= 11 is 0. The van der Waals surface area contributed by atoms with Crippen molar-refractivity contribution in [1.82, 2.24) is 4.57 Å². The van der Waals surface area contributed by atoms with E-state index in [4.69, 9.17) is 54.8 Å². The van der Waals surface area contributed by atoms with Crippen LogP contribution in [0.3, 0.4) is 0 Å². The summed E-state index contributed by atoms with van der Waals surface area (Å²) in [7, 11) is 5.68. The summed E-state index contributed by atoms with van der Waals surface area (Å²) < 4.78 is 46.9. The molecule has 0 radical (unpaired) electrons. The molecule has 0 amide bonds. The number of benzene rings is 3. The standard InChI is InChI=1S/C36H36N4O12/c1-16(39)35(43)52-33-18-8-9-40-31(19(18)11-26(47-4)34(33)48-5)29(17-6-7-21(23(10-17)45-2)49-27(41)14-37)30-20-12-24(46-3)25(50-28(42)15-38)13-22(20)51-36(44)32(30)40/h6-7,10-13,16H,8-9,14-15,37-39H2,1-5H3/t16-/m0/s1. The predicted molar refractivity (Wildman–Crippen MR) is 187 cm³/mol. The molecule has 16 nitrogen and oxygen atoms in total. The molecular weight excluding hydrogens is 680 g/mol. The summed E-state index contributed by atoms with van der Waals surface area (Å²) in [6.07, 6.45) is 0.291. The molecule has 5 aromatic rings. The molecule has 0 spiro atoms. The van der Waals surface area contributed by atoms with Gasteiger partial charge in [0.05, 0.1) is 47.2 Å². The largest absolute Gasteiger partial charge is 0.493 e. The van der Waals surface area contributed by atoms with E-state index in [1.165, 1.54) is 41.4 Å². The zero-order valence-corrected chi connectivity index (χ0v) is 28.9. The molecule has 1 aliphatic rings. The lowest BCUT2D eigenvalue weighted by atomic mass is 9.91. The van der Waals surface area contributed by atoms with Gasteiger partial charge in [0.2, 0.25) is 5.75 Å². The van der Waals surface area contributed by atoms with Crippen molar-refractivity contribution in [1.29, 1.82) is 0 Å². The van der Waals surface area contributed by atoms with Crippen molar-refractivity contribution in [3.8, 4) is 62.6 Å². The van der Waals surface area contributed by atoms with Gasteiger partial charge in [-0.3, -0.25) is 9.59 Å². The molecule has 3 heterocycles. The number of fused-ring (bicyclic) bond motifs is 7. The maximum absolute atomic E-state index is 14.0. The third-order valence-electron chi connectivity index (χ3n) is 8.57. The smallest absolute Gasteiger partial charge is 0.361 e. The second kappa shape index (κ2) is 14.3. The maximum Gasteiger partial charge on any atom is 0.361 e. The average Bonchev–Trinajstić information content (AvgIpc) is 3.50. The minimum atomic E-state index is -0.948. The van der Waals surface area contributed by atoms with Crippen LogP contribution >= 0.6 is 0 Å². The number of hydrogen-bond donors (Lipinski definition) is 3. The lowest BCUT2D eigenvalue weighted by Crippen LogP contribution is -2.31. The van der Waals surface area contributed by atoms with Crippen molar-refractivity contribution >= 4 is 39.8 Å². The molecule has 272 valence electrons. The van der Waals surface area contributed by atoms with Crippen molar-refractivity contribution in [2.45, 2.75) is 25.9 Å². The first-order valence-corrected chi connectivity index (χ1v) is 16.0. The van der Waals surface area contributed by atoms with Crippen LogP contribution in [0.4, 0.5) is 0 Å². The number of nitrogens with zero attached hydrogens (tertiary/aromatic N) is 1. The fourth-order valence-electron chi connectivity index (χ4n) is 6.31. The van der Waals surface area contributed by atoms with Gasteiger partial charge in [-0.2, -0.15) is 0 Å². The van der Waals surface area contributed by atoms with Gasteiger partial charge >= 0.3 is 23.5 Å². The van der Waals surface area contributed by atoms with Gasteiger partial charge in [-0.25, -0.2) is 9.59 Å². The number of rotatable bonds is 11. The highest BCUT2D eigenvalue weighted by Gasteiger charge is 2.34. The van der Waals surface area contributed by atoms with Crippen LogP contribution in [0.2, 0.25) is 0 Å². The number of aromatic nitrogens is 1. The van der Waals surface area contributed by atoms with Gasteiger partial charge in [0.15, 0.2) is 34.5 Å². The molecule has 0 saturated carbocycles. The number of carbonyl (C=O) groups excluding carboxylic acids is 3. The lowest BCUT2D eigenvalue weighted by molar-refractivity contribution is -0.135. The molecule has 6 N–H and O–H groups in total. The van der Waals surface area contributed by atoms with Gasteiger partial charge in [0, 0.05) is 40.1 Å². The Hall–Kier alpha value is -6.10. The second-order valence-electron chi connectivity index (χ2n) is 11.6. The Morgan fingerprint density at radius 1 is 0.808 bits per heavy atom. The Labute approximate surface area is 295 Å². The molecule has 1 atom stereocenters. The van der Waals surface area contributed by atoms with Crippen LogP contribution in [0.5, 0.6) is 40.2 Å². The van der Waals surface area contributed by atoms with Crippen molar-refractivity contribution in [2.24, 2.45) is 17.2 Å². The monoisotopic (exact) mass is 716 g/mol. The molecule has 0 bridgehead atoms. The Kier molecular flexibility index (Phi) is 9.79. The van der Waals surface area contributed by atoms with Crippen molar-refractivity contribution in [2.75, 3.05) is 41.5 Å². The molecular formula is C36H36N4O12. The minimum absolute atomic E-state index is 0.00557. The predicted octanol–water partition coefficient (Wildman–Crippen LogP) is 2.65. The summed E-state index contributed by atoms with van der Waals surface area (Å²) in [5.74, 6) is -1.09. The SMILES string of the molecule is COc1cc(-c2c3n(c4c(=O)oc5cc(OC(=O)CN)c(OC)cc5c24)CCc2c-3cc(OC)c(OC)c2OC(=O)[C@H](C)N)ccc1OC(=O)CN. The fourth-order valence-corrected chi connectivity index (χ4v) is 6.31. The molecule has 6 rings (SSSR count). The topological polar surface area (TPSA) is 229 Å². The number of ether oxygens (including phenoxy) is 7. The zero-order valence-electron chi connectivity index (χ0n) is 28.9. The van der Waals surface area contributed by atoms with Crippen molar-refractivity contribution < 1.29 is 52.0 Å². The minimum Gasteiger partial charge on any atom is -0.493 e. The Bertz CT molecular complexity index is 2330. The van der Waals surface area contributed by atoms with E-state index in [2.05, 4.69) is 0 Å². The van der Waals surface area contributed by atoms with E-state index >= 15 is 0 Å². The Morgan fingerprint density at radius 2 is 1.46 bits per heavy atom. The molecule has 52 heavy (non-hydrogen) atoms. The van der Waals surface area contributed by atoms with Crippen molar-refractivity contribution in [3.63, 3.8) is 0 Å². The zero-order chi connectivity index (χ0) is 37.4. The van der Waals surface area contributed by atoms with E-state index in [0.717, 1.165) is 0 Å². The van der Waals surface area contributed by atoms with Crippen LogP contribution < -0.4 is 56.0 Å². The molecule has 0 unspecified atom stereocenters. The number of esters is 3. The van der Waals surface area contributed by atoms with Crippen LogP contribution in [0.1, 0.15) is 12.5 Å². The van der Waals surface area contributed by atoms with E-state index in [0.29, 0.717) is 45.1 Å². The molecule has 1 aliphatic heterocycles. The number of hydrogen-bond acceptors (Lipinski definition) is 15. The highest BCUT2D eigenvalue weighted by atomic mass is 16.6. The third kappa shape index (κ3) is 6.01. The van der Waals surface area contributed by atoms with E-state index < -0.39 is 36.1 Å². The Morgan fingerprint density at radius 3 is 2.08 bits per heavy atom. The van der Waals surface area contributed by atoms with Crippen LogP contribution in [-0.4, -0.2) is 70.0 Å². The summed E-state index contributed by atoms with van der Waals surface area (Å²) in [5.41, 5.74) is 19.2. The first-order chi connectivity index (χ1) is 25.0. The molecule has 3 aromatic carbocycles. The molecule has 2 aromatic heterocycles. The second-order valence-corrected chi connectivity index (χ2v) is 11.6. The van der Waals surface area contributed by atoms with Gasteiger partial charge in [0.25, 0.3) is 0 Å². The van der Waals surface area contributed by atoms with Gasteiger partial charge in [-0.1, -0.05) is 6.07 Å². The summed E-state index contributed by atoms with van der Waals surface area (Å²) in [4.78, 5) is 51.2. The first kappa shape index (κ1) is 35.7. The van der Waals surface area contributed by atoms with E-state index in [9.17, 15) is 19.2 Å². The van der Waals surface area contributed by atoms with Crippen LogP contribution in [-0.2, 0) is 27.3 Å². The van der Waals surface area contributed by atoms with Crippen LogP contribution in [0.15, 0.2) is 45.6 Å². The summed E-state index contributed by atoms with van der Waals surface area (Å²) in [5, 5.41) is 0.876. The number of nitrogens with two attached hydrogens (primary N) is 3. The number of aryl methyl sites for hydroxylation is 1. The molecule has 0 aliphatic carbocycles.